The Kier molecular flexibility index (Phi) is 2.68. The zero-order valence-electron chi connectivity index (χ0n) is 10.2. The molecule has 1 heterocycles. The maximum absolute atomic E-state index is 13.2. The summed E-state index contributed by atoms with van der Waals surface area (Å²) in [4.78, 5) is 4.18. The molecule has 19 heavy (non-hydrogen) atoms. The summed E-state index contributed by atoms with van der Waals surface area (Å²) in [6.45, 7) is 1.96. The van der Waals surface area contributed by atoms with E-state index in [4.69, 9.17) is 17.3 Å². The Labute approximate surface area is 114 Å². The van der Waals surface area contributed by atoms with Crippen molar-refractivity contribution in [1.82, 2.24) is 9.55 Å². The summed E-state index contributed by atoms with van der Waals surface area (Å²) >= 11 is 6.03. The Morgan fingerprint density at radius 2 is 2.00 bits per heavy atom. The van der Waals surface area contributed by atoms with E-state index in [1.54, 1.807) is 10.6 Å². The average molecular weight is 276 g/mol. The van der Waals surface area contributed by atoms with E-state index in [0.717, 1.165) is 16.8 Å². The van der Waals surface area contributed by atoms with Crippen molar-refractivity contribution in [2.24, 2.45) is 0 Å². The molecule has 1 aromatic heterocycles. The highest BCUT2D eigenvalue weighted by atomic mass is 35.5. The molecule has 0 saturated heterocycles. The Morgan fingerprint density at radius 3 is 2.79 bits per heavy atom. The van der Waals surface area contributed by atoms with Gasteiger partial charge in [-0.2, -0.15) is 0 Å². The van der Waals surface area contributed by atoms with Gasteiger partial charge in [0.05, 0.1) is 16.7 Å². The van der Waals surface area contributed by atoms with Crippen LogP contribution in [0.2, 0.25) is 5.02 Å². The van der Waals surface area contributed by atoms with Crippen LogP contribution in [-0.2, 0) is 0 Å². The molecule has 0 aliphatic carbocycles. The van der Waals surface area contributed by atoms with Crippen LogP contribution in [0.3, 0.4) is 0 Å². The summed E-state index contributed by atoms with van der Waals surface area (Å²) in [5.74, 6) is -0.0223. The number of nitrogen functional groups attached to an aromatic ring is 1. The van der Waals surface area contributed by atoms with Gasteiger partial charge in [-0.15, -0.1) is 0 Å². The van der Waals surface area contributed by atoms with Crippen LogP contribution < -0.4 is 5.73 Å². The molecule has 0 spiro atoms. The summed E-state index contributed by atoms with van der Waals surface area (Å²) in [5, 5.41) is 0.615. The van der Waals surface area contributed by atoms with Crippen LogP contribution in [0.15, 0.2) is 36.4 Å². The highest BCUT2D eigenvalue weighted by molar-refractivity contribution is 6.30. The molecule has 0 atom stereocenters. The molecule has 3 nitrogen and oxygen atoms in total. The van der Waals surface area contributed by atoms with Crippen LogP contribution in [-0.4, -0.2) is 9.55 Å². The summed E-state index contributed by atoms with van der Waals surface area (Å²) in [7, 11) is 0. The normalized spacial score (nSPS) is 11.1. The van der Waals surface area contributed by atoms with Crippen molar-refractivity contribution in [3.63, 3.8) is 0 Å². The van der Waals surface area contributed by atoms with Gasteiger partial charge in [0.2, 0.25) is 5.95 Å². The van der Waals surface area contributed by atoms with Gasteiger partial charge in [0.1, 0.15) is 5.82 Å². The highest BCUT2D eigenvalue weighted by Gasteiger charge is 2.12. The van der Waals surface area contributed by atoms with E-state index in [1.165, 1.54) is 12.1 Å². The summed E-state index contributed by atoms with van der Waals surface area (Å²) in [6.07, 6.45) is 0. The van der Waals surface area contributed by atoms with Gasteiger partial charge < -0.3 is 5.73 Å². The molecule has 0 unspecified atom stereocenters. The molecule has 2 N–H and O–H groups in total. The number of anilines is 1. The lowest BCUT2D eigenvalue weighted by Crippen LogP contribution is -2.02. The van der Waals surface area contributed by atoms with Gasteiger partial charge in [0.15, 0.2) is 0 Å². The number of imidazole rings is 1. The Bertz CT molecular complexity index is 780. The third kappa shape index (κ3) is 1.94. The monoisotopic (exact) mass is 275 g/mol. The number of fused-ring (bicyclic) bond motifs is 1. The number of aryl methyl sites for hydroxylation is 1. The van der Waals surface area contributed by atoms with Gasteiger partial charge in [0, 0.05) is 11.1 Å². The molecule has 0 amide bonds. The standard InChI is InChI=1S/C14H11ClFN3/c1-8-2-3-9(15)6-13(8)19-12-5-4-10(16)7-11(12)18-14(19)17/h2-7H,1H3,(H2,17,18). The number of hydrogen-bond donors (Lipinski definition) is 1. The number of rotatable bonds is 1. The van der Waals surface area contributed by atoms with Crippen LogP contribution in [0.1, 0.15) is 5.56 Å². The topological polar surface area (TPSA) is 43.8 Å². The number of aromatic nitrogens is 2. The Balaban J connectivity index is 2.36. The van der Waals surface area contributed by atoms with Gasteiger partial charge >= 0.3 is 0 Å². The quantitative estimate of drug-likeness (QED) is 0.736. The van der Waals surface area contributed by atoms with E-state index in [0.29, 0.717) is 16.5 Å². The molecule has 3 rings (SSSR count). The second-order valence-corrected chi connectivity index (χ2v) is 4.81. The Hall–Kier alpha value is -2.07. The first-order chi connectivity index (χ1) is 9.06. The average Bonchev–Trinajstić information content (AvgIpc) is 2.67. The SMILES string of the molecule is Cc1ccc(Cl)cc1-n1c(N)nc2cc(F)ccc21. The molecule has 0 aliphatic heterocycles. The minimum absolute atomic E-state index is 0.311. The third-order valence-electron chi connectivity index (χ3n) is 3.05. The molecule has 2 aromatic carbocycles. The van der Waals surface area contributed by atoms with Gasteiger partial charge in [0.25, 0.3) is 0 Å². The number of halogens is 2. The van der Waals surface area contributed by atoms with Crippen molar-refractivity contribution >= 4 is 28.6 Å². The molecule has 0 saturated carbocycles. The zero-order chi connectivity index (χ0) is 13.6. The van der Waals surface area contributed by atoms with Crippen LogP contribution in [0.25, 0.3) is 16.7 Å². The van der Waals surface area contributed by atoms with Crippen molar-refractivity contribution < 1.29 is 4.39 Å². The van der Waals surface area contributed by atoms with E-state index < -0.39 is 0 Å². The fourth-order valence-electron chi connectivity index (χ4n) is 2.15. The van der Waals surface area contributed by atoms with E-state index in [-0.39, 0.29) is 5.82 Å². The zero-order valence-corrected chi connectivity index (χ0v) is 10.9. The summed E-state index contributed by atoms with van der Waals surface area (Å²) < 4.78 is 15.0. The molecule has 96 valence electrons. The first-order valence-electron chi connectivity index (χ1n) is 5.76. The summed E-state index contributed by atoms with van der Waals surface area (Å²) in [6, 6.07) is 9.95. The largest absolute Gasteiger partial charge is 0.369 e. The van der Waals surface area contributed by atoms with Crippen LogP contribution in [0, 0.1) is 12.7 Å². The van der Waals surface area contributed by atoms with Crippen molar-refractivity contribution in [2.45, 2.75) is 6.92 Å². The van der Waals surface area contributed by atoms with Gasteiger partial charge in [-0.05, 0) is 36.8 Å². The lowest BCUT2D eigenvalue weighted by Gasteiger charge is -2.10. The minimum atomic E-state index is -0.333. The molecule has 5 heteroatoms. The minimum Gasteiger partial charge on any atom is -0.369 e. The molecule has 0 bridgehead atoms. The molecular weight excluding hydrogens is 265 g/mol. The molecular formula is C14H11ClFN3. The van der Waals surface area contributed by atoms with E-state index in [2.05, 4.69) is 4.98 Å². The third-order valence-corrected chi connectivity index (χ3v) is 3.29. The fourth-order valence-corrected chi connectivity index (χ4v) is 2.32. The van der Waals surface area contributed by atoms with Crippen molar-refractivity contribution in [1.29, 1.82) is 0 Å². The predicted molar refractivity (Wildman–Crippen MR) is 75.2 cm³/mol. The van der Waals surface area contributed by atoms with Gasteiger partial charge in [-0.3, -0.25) is 4.57 Å². The number of nitrogens with zero attached hydrogens (tertiary/aromatic N) is 2. The van der Waals surface area contributed by atoms with E-state index in [1.807, 2.05) is 25.1 Å². The lowest BCUT2D eigenvalue weighted by molar-refractivity contribution is 0.629. The fraction of sp³-hybridized carbons (Fsp3) is 0.0714. The summed E-state index contributed by atoms with van der Waals surface area (Å²) in [5.41, 5.74) is 9.08. The van der Waals surface area contributed by atoms with Crippen molar-refractivity contribution in [2.75, 3.05) is 5.73 Å². The van der Waals surface area contributed by atoms with Crippen molar-refractivity contribution in [3.05, 3.63) is 52.8 Å². The second kappa shape index (κ2) is 4.24. The van der Waals surface area contributed by atoms with E-state index >= 15 is 0 Å². The van der Waals surface area contributed by atoms with Crippen LogP contribution in [0.4, 0.5) is 10.3 Å². The van der Waals surface area contributed by atoms with E-state index in [9.17, 15) is 4.39 Å². The number of hydrogen-bond acceptors (Lipinski definition) is 2. The van der Waals surface area contributed by atoms with Crippen LogP contribution >= 0.6 is 11.6 Å². The lowest BCUT2D eigenvalue weighted by atomic mass is 10.2. The molecule has 0 fully saturated rings. The molecule has 0 aliphatic rings. The maximum atomic E-state index is 13.2. The first kappa shape index (κ1) is 12.0. The first-order valence-corrected chi connectivity index (χ1v) is 6.14. The molecule has 0 radical (unpaired) electrons. The van der Waals surface area contributed by atoms with Gasteiger partial charge in [-0.1, -0.05) is 17.7 Å². The van der Waals surface area contributed by atoms with Crippen molar-refractivity contribution in [3.8, 4) is 5.69 Å². The smallest absolute Gasteiger partial charge is 0.205 e. The second-order valence-electron chi connectivity index (χ2n) is 4.37. The maximum Gasteiger partial charge on any atom is 0.205 e. The number of benzene rings is 2. The Morgan fingerprint density at radius 1 is 1.21 bits per heavy atom. The highest BCUT2D eigenvalue weighted by Crippen LogP contribution is 2.27. The van der Waals surface area contributed by atoms with Gasteiger partial charge in [-0.25, -0.2) is 9.37 Å². The molecule has 3 aromatic rings. The van der Waals surface area contributed by atoms with Crippen LogP contribution in [0.5, 0.6) is 0 Å². The predicted octanol–water partition coefficient (Wildman–Crippen LogP) is 3.71. The number of nitrogens with two attached hydrogens (primary N) is 1.